The molecule has 0 saturated heterocycles. The first-order chi connectivity index (χ1) is 9.17. The Balaban J connectivity index is 2.50. The second kappa shape index (κ2) is 9.34. The van der Waals surface area contributed by atoms with E-state index in [-0.39, 0.29) is 5.82 Å². The van der Waals surface area contributed by atoms with E-state index in [0.717, 1.165) is 26.1 Å². The molecule has 1 N–H and O–H groups in total. The molecule has 1 atom stereocenters. The first kappa shape index (κ1) is 16.5. The molecule has 4 heteroatoms. The molecule has 0 saturated carbocycles. The number of hydrogen-bond acceptors (Lipinski definition) is 3. The second-order valence-corrected chi connectivity index (χ2v) is 5.73. The van der Waals surface area contributed by atoms with Crippen molar-refractivity contribution in [2.24, 2.45) is 0 Å². The molecule has 1 aromatic rings. The lowest BCUT2D eigenvalue weighted by atomic mass is 10.0. The van der Waals surface area contributed by atoms with Crippen molar-refractivity contribution in [1.29, 1.82) is 0 Å². The predicted molar refractivity (Wildman–Crippen MR) is 83.3 cm³/mol. The van der Waals surface area contributed by atoms with Crippen molar-refractivity contribution in [2.45, 2.75) is 19.4 Å². The molecule has 0 aliphatic carbocycles. The Labute approximate surface area is 120 Å². The number of benzene rings is 1. The molecule has 1 unspecified atom stereocenters. The number of nitrogens with zero attached hydrogens (tertiary/aromatic N) is 1. The molecule has 0 aliphatic heterocycles. The fourth-order valence-electron chi connectivity index (χ4n) is 2.04. The lowest BCUT2D eigenvalue weighted by molar-refractivity contribution is 0.325. The van der Waals surface area contributed by atoms with E-state index >= 15 is 0 Å². The summed E-state index contributed by atoms with van der Waals surface area (Å²) in [6.07, 6.45) is 3.18. The van der Waals surface area contributed by atoms with Crippen molar-refractivity contribution < 1.29 is 4.39 Å². The van der Waals surface area contributed by atoms with Crippen LogP contribution >= 0.6 is 11.8 Å². The first-order valence-electron chi connectivity index (χ1n) is 6.83. The van der Waals surface area contributed by atoms with Crippen LogP contribution in [0.1, 0.15) is 24.9 Å². The fraction of sp³-hybridized carbons (Fsp3) is 0.600. The molecular formula is C15H25FN2S. The highest BCUT2D eigenvalue weighted by Gasteiger charge is 2.11. The van der Waals surface area contributed by atoms with Gasteiger partial charge < -0.3 is 10.2 Å². The Morgan fingerprint density at radius 3 is 2.53 bits per heavy atom. The van der Waals surface area contributed by atoms with Crippen LogP contribution in [-0.2, 0) is 0 Å². The quantitative estimate of drug-likeness (QED) is 0.750. The van der Waals surface area contributed by atoms with Crippen LogP contribution in [0, 0.1) is 5.82 Å². The van der Waals surface area contributed by atoms with E-state index in [9.17, 15) is 4.39 Å². The average molecular weight is 284 g/mol. The van der Waals surface area contributed by atoms with Gasteiger partial charge in [0.05, 0.1) is 0 Å². The minimum Gasteiger partial charge on any atom is -0.310 e. The standard InChI is InChI=1S/C15H25FN2S/c1-4-17-15(9-10-18(2)11-12-19-3)13-5-7-14(16)8-6-13/h5-8,15,17H,4,9-12H2,1-3H3. The smallest absolute Gasteiger partial charge is 0.123 e. The molecular weight excluding hydrogens is 259 g/mol. The highest BCUT2D eigenvalue weighted by Crippen LogP contribution is 2.17. The Bertz CT molecular complexity index is 343. The van der Waals surface area contributed by atoms with E-state index in [1.54, 1.807) is 0 Å². The van der Waals surface area contributed by atoms with E-state index in [0.29, 0.717) is 6.04 Å². The molecule has 0 amide bonds. The normalized spacial score (nSPS) is 12.9. The summed E-state index contributed by atoms with van der Waals surface area (Å²) in [7, 11) is 2.16. The number of rotatable bonds is 9. The highest BCUT2D eigenvalue weighted by molar-refractivity contribution is 7.98. The minimum absolute atomic E-state index is 0.170. The summed E-state index contributed by atoms with van der Waals surface area (Å²) in [5.74, 6) is 0.995. The zero-order valence-electron chi connectivity index (χ0n) is 12.2. The van der Waals surface area contributed by atoms with Gasteiger partial charge in [0.2, 0.25) is 0 Å². The van der Waals surface area contributed by atoms with Crippen molar-refractivity contribution in [3.63, 3.8) is 0 Å². The van der Waals surface area contributed by atoms with Gasteiger partial charge in [-0.25, -0.2) is 4.39 Å². The fourth-order valence-corrected chi connectivity index (χ4v) is 2.53. The van der Waals surface area contributed by atoms with Gasteiger partial charge in [-0.2, -0.15) is 11.8 Å². The molecule has 0 aliphatic rings. The van der Waals surface area contributed by atoms with Gasteiger partial charge in [-0.1, -0.05) is 19.1 Å². The summed E-state index contributed by atoms with van der Waals surface area (Å²) >= 11 is 1.87. The van der Waals surface area contributed by atoms with Crippen LogP contribution in [0.4, 0.5) is 4.39 Å². The van der Waals surface area contributed by atoms with Gasteiger partial charge in [-0.05, 0) is 50.5 Å². The van der Waals surface area contributed by atoms with Crippen molar-refractivity contribution in [3.8, 4) is 0 Å². The van der Waals surface area contributed by atoms with Gasteiger partial charge in [0.1, 0.15) is 5.82 Å². The Kier molecular flexibility index (Phi) is 8.10. The molecule has 19 heavy (non-hydrogen) atoms. The first-order valence-corrected chi connectivity index (χ1v) is 8.23. The van der Waals surface area contributed by atoms with Crippen molar-refractivity contribution >= 4 is 11.8 Å². The largest absolute Gasteiger partial charge is 0.310 e. The van der Waals surface area contributed by atoms with E-state index in [2.05, 4.69) is 30.4 Å². The van der Waals surface area contributed by atoms with Gasteiger partial charge in [-0.3, -0.25) is 0 Å². The molecule has 0 aromatic heterocycles. The lowest BCUT2D eigenvalue weighted by Gasteiger charge is -2.22. The summed E-state index contributed by atoms with van der Waals surface area (Å²) in [4.78, 5) is 2.35. The number of thioether (sulfide) groups is 1. The minimum atomic E-state index is -0.170. The number of halogens is 1. The Hall–Kier alpha value is -0.580. The third-order valence-corrected chi connectivity index (χ3v) is 3.79. The van der Waals surface area contributed by atoms with Crippen LogP contribution in [0.15, 0.2) is 24.3 Å². The average Bonchev–Trinajstić information content (AvgIpc) is 2.42. The van der Waals surface area contributed by atoms with Crippen molar-refractivity contribution in [3.05, 3.63) is 35.6 Å². The Morgan fingerprint density at radius 2 is 1.95 bits per heavy atom. The second-order valence-electron chi connectivity index (χ2n) is 4.75. The summed E-state index contributed by atoms with van der Waals surface area (Å²) < 4.78 is 13.0. The van der Waals surface area contributed by atoms with E-state index in [1.165, 1.54) is 23.4 Å². The summed E-state index contributed by atoms with van der Waals surface area (Å²) in [5, 5.41) is 3.48. The van der Waals surface area contributed by atoms with Gasteiger partial charge >= 0.3 is 0 Å². The van der Waals surface area contributed by atoms with Crippen molar-refractivity contribution in [2.75, 3.05) is 38.7 Å². The SMILES string of the molecule is CCNC(CCN(C)CCSC)c1ccc(F)cc1. The molecule has 0 fully saturated rings. The number of hydrogen-bond donors (Lipinski definition) is 1. The molecule has 1 aromatic carbocycles. The van der Waals surface area contributed by atoms with E-state index in [1.807, 2.05) is 23.9 Å². The topological polar surface area (TPSA) is 15.3 Å². The summed E-state index contributed by atoms with van der Waals surface area (Å²) in [6.45, 7) is 5.20. The zero-order chi connectivity index (χ0) is 14.1. The maximum Gasteiger partial charge on any atom is 0.123 e. The maximum atomic E-state index is 13.0. The monoisotopic (exact) mass is 284 g/mol. The van der Waals surface area contributed by atoms with Crippen LogP contribution in [0.2, 0.25) is 0 Å². The predicted octanol–water partition coefficient (Wildman–Crippen LogP) is 3.16. The lowest BCUT2D eigenvalue weighted by Crippen LogP contribution is -2.28. The van der Waals surface area contributed by atoms with Crippen LogP contribution in [-0.4, -0.2) is 43.6 Å². The van der Waals surface area contributed by atoms with Gasteiger partial charge in [0.15, 0.2) is 0 Å². The molecule has 0 heterocycles. The molecule has 1 rings (SSSR count). The van der Waals surface area contributed by atoms with Crippen LogP contribution < -0.4 is 5.32 Å². The van der Waals surface area contributed by atoms with Crippen LogP contribution in [0.5, 0.6) is 0 Å². The molecule has 108 valence electrons. The van der Waals surface area contributed by atoms with Crippen LogP contribution in [0.3, 0.4) is 0 Å². The maximum absolute atomic E-state index is 13.0. The van der Waals surface area contributed by atoms with E-state index in [4.69, 9.17) is 0 Å². The van der Waals surface area contributed by atoms with Gasteiger partial charge in [0, 0.05) is 18.3 Å². The third kappa shape index (κ3) is 6.41. The molecule has 0 bridgehead atoms. The van der Waals surface area contributed by atoms with Crippen molar-refractivity contribution in [1.82, 2.24) is 10.2 Å². The van der Waals surface area contributed by atoms with Crippen LogP contribution in [0.25, 0.3) is 0 Å². The summed E-state index contributed by atoms with van der Waals surface area (Å²) in [6, 6.07) is 7.14. The molecule has 0 spiro atoms. The van der Waals surface area contributed by atoms with E-state index < -0.39 is 0 Å². The summed E-state index contributed by atoms with van der Waals surface area (Å²) in [5.41, 5.74) is 1.17. The zero-order valence-corrected chi connectivity index (χ0v) is 13.0. The van der Waals surface area contributed by atoms with Gasteiger partial charge in [0.25, 0.3) is 0 Å². The molecule has 0 radical (unpaired) electrons. The van der Waals surface area contributed by atoms with Gasteiger partial charge in [-0.15, -0.1) is 0 Å². The highest BCUT2D eigenvalue weighted by atomic mass is 32.2. The third-order valence-electron chi connectivity index (χ3n) is 3.20. The number of nitrogens with one attached hydrogen (secondary N) is 1. The molecule has 2 nitrogen and oxygen atoms in total. The Morgan fingerprint density at radius 1 is 1.26 bits per heavy atom.